The predicted octanol–water partition coefficient (Wildman–Crippen LogP) is -1.90. The number of hydrogen-bond acceptors (Lipinski definition) is 5. The van der Waals surface area contributed by atoms with Gasteiger partial charge in [0, 0.05) is 0 Å². The summed E-state index contributed by atoms with van der Waals surface area (Å²) >= 11 is 0. The van der Waals surface area contributed by atoms with Gasteiger partial charge in [0.15, 0.2) is 5.03 Å². The molecule has 0 aliphatic heterocycles. The number of nitrogens with zero attached hydrogens (tertiary/aromatic N) is 1. The molecular weight excluding hydrogens is 212 g/mol. The van der Waals surface area contributed by atoms with Crippen molar-refractivity contribution in [1.82, 2.24) is 15.1 Å². The van der Waals surface area contributed by atoms with Gasteiger partial charge < -0.3 is 5.73 Å². The Morgan fingerprint density at radius 3 is 2.93 bits per heavy atom. The van der Waals surface area contributed by atoms with E-state index in [2.05, 4.69) is 15.0 Å². The Morgan fingerprint density at radius 2 is 2.43 bits per heavy atom. The van der Waals surface area contributed by atoms with Crippen LogP contribution in [0.3, 0.4) is 0 Å². The SMILES string of the molecule is NC(=O)CONS(=O)(=O)c1ccn[nH]1. The Morgan fingerprint density at radius 1 is 1.71 bits per heavy atom. The zero-order valence-electron chi connectivity index (χ0n) is 6.93. The van der Waals surface area contributed by atoms with Crippen molar-refractivity contribution < 1.29 is 18.0 Å². The van der Waals surface area contributed by atoms with E-state index in [1.807, 2.05) is 0 Å². The summed E-state index contributed by atoms with van der Waals surface area (Å²) in [5.74, 6) is -0.780. The number of sulfonamides is 1. The topological polar surface area (TPSA) is 127 Å². The Hall–Kier alpha value is -1.45. The van der Waals surface area contributed by atoms with Crippen LogP contribution >= 0.6 is 0 Å². The summed E-state index contributed by atoms with van der Waals surface area (Å²) in [6.45, 7) is -0.534. The Bertz CT molecular complexity index is 397. The lowest BCUT2D eigenvalue weighted by atomic mass is 10.7. The molecule has 4 N–H and O–H groups in total. The number of nitrogens with two attached hydrogens (primary N) is 1. The van der Waals surface area contributed by atoms with Gasteiger partial charge in [-0.1, -0.05) is 4.89 Å². The maximum Gasteiger partial charge on any atom is 0.279 e. The monoisotopic (exact) mass is 220 g/mol. The lowest BCUT2D eigenvalue weighted by Gasteiger charge is -2.02. The fraction of sp³-hybridized carbons (Fsp3) is 0.200. The molecule has 0 saturated heterocycles. The van der Waals surface area contributed by atoms with Gasteiger partial charge in [-0.25, -0.2) is 8.42 Å². The van der Waals surface area contributed by atoms with E-state index in [0.717, 1.165) is 0 Å². The van der Waals surface area contributed by atoms with Crippen LogP contribution in [0, 0.1) is 0 Å². The first-order valence-electron chi connectivity index (χ1n) is 3.43. The summed E-state index contributed by atoms with van der Waals surface area (Å²) in [4.78, 5) is 16.2. The predicted molar refractivity (Wildman–Crippen MR) is 44.1 cm³/mol. The number of carbonyl (C=O) groups excluding carboxylic acids is 1. The summed E-state index contributed by atoms with van der Waals surface area (Å²) in [5.41, 5.74) is 4.72. The van der Waals surface area contributed by atoms with Crippen molar-refractivity contribution in [2.24, 2.45) is 5.73 Å². The van der Waals surface area contributed by atoms with Crippen LogP contribution in [0.15, 0.2) is 17.3 Å². The molecule has 1 aromatic rings. The fourth-order valence-electron chi connectivity index (χ4n) is 0.616. The number of H-pyrrole nitrogens is 1. The van der Waals surface area contributed by atoms with Crippen LogP contribution in [0.2, 0.25) is 0 Å². The van der Waals surface area contributed by atoms with Crippen molar-refractivity contribution >= 4 is 15.9 Å². The maximum atomic E-state index is 11.2. The standard InChI is InChI=1S/C5H8N4O4S/c6-4(10)3-13-9-14(11,12)5-1-2-7-8-5/h1-2,9H,3H2,(H2,6,10)(H,7,8). The smallest absolute Gasteiger partial charge is 0.279 e. The van der Waals surface area contributed by atoms with Crippen LogP contribution in [-0.4, -0.2) is 31.1 Å². The van der Waals surface area contributed by atoms with E-state index < -0.39 is 22.5 Å². The van der Waals surface area contributed by atoms with Gasteiger partial charge in [-0.15, -0.1) is 0 Å². The number of hydrogen-bond donors (Lipinski definition) is 3. The van der Waals surface area contributed by atoms with Crippen LogP contribution in [0.4, 0.5) is 0 Å². The van der Waals surface area contributed by atoms with E-state index in [-0.39, 0.29) is 5.03 Å². The van der Waals surface area contributed by atoms with Crippen molar-refractivity contribution in [2.75, 3.05) is 6.61 Å². The minimum Gasteiger partial charge on any atom is -0.368 e. The van der Waals surface area contributed by atoms with Crippen molar-refractivity contribution in [1.29, 1.82) is 0 Å². The largest absolute Gasteiger partial charge is 0.368 e. The van der Waals surface area contributed by atoms with Crippen LogP contribution in [0.25, 0.3) is 0 Å². The molecule has 0 aromatic carbocycles. The molecule has 1 rings (SSSR count). The van der Waals surface area contributed by atoms with Gasteiger partial charge in [-0.05, 0) is 6.07 Å². The fourth-order valence-corrected chi connectivity index (χ4v) is 1.33. The quantitative estimate of drug-likeness (QED) is 0.499. The zero-order valence-corrected chi connectivity index (χ0v) is 7.74. The molecule has 78 valence electrons. The Balaban J connectivity index is 2.56. The van der Waals surface area contributed by atoms with Crippen molar-refractivity contribution in [3.05, 3.63) is 12.3 Å². The Kier molecular flexibility index (Phi) is 3.17. The van der Waals surface area contributed by atoms with Crippen LogP contribution in [0.5, 0.6) is 0 Å². The third kappa shape index (κ3) is 2.80. The molecule has 8 nitrogen and oxygen atoms in total. The highest BCUT2D eigenvalue weighted by Crippen LogP contribution is 2.01. The van der Waals surface area contributed by atoms with Crippen molar-refractivity contribution in [2.45, 2.75) is 5.03 Å². The first-order chi connectivity index (χ1) is 6.52. The number of nitrogens with one attached hydrogen (secondary N) is 2. The lowest BCUT2D eigenvalue weighted by molar-refractivity contribution is -0.123. The molecule has 1 amide bonds. The minimum atomic E-state index is -3.81. The molecule has 1 aromatic heterocycles. The second kappa shape index (κ2) is 4.17. The van der Waals surface area contributed by atoms with Crippen molar-refractivity contribution in [3.8, 4) is 0 Å². The van der Waals surface area contributed by atoms with Crippen LogP contribution in [0.1, 0.15) is 0 Å². The maximum absolute atomic E-state index is 11.2. The first-order valence-corrected chi connectivity index (χ1v) is 4.92. The summed E-state index contributed by atoms with van der Waals surface area (Å²) in [6, 6.07) is 1.23. The van der Waals surface area contributed by atoms with Gasteiger partial charge in [-0.3, -0.25) is 14.7 Å². The second-order valence-corrected chi connectivity index (χ2v) is 3.88. The van der Waals surface area contributed by atoms with E-state index in [9.17, 15) is 13.2 Å². The molecule has 0 saturated carbocycles. The third-order valence-corrected chi connectivity index (χ3v) is 2.29. The summed E-state index contributed by atoms with van der Waals surface area (Å²) in [6.07, 6.45) is 1.27. The highest BCUT2D eigenvalue weighted by atomic mass is 32.2. The highest BCUT2D eigenvalue weighted by Gasteiger charge is 2.15. The average Bonchev–Trinajstić information content (AvgIpc) is 2.54. The summed E-state index contributed by atoms with van der Waals surface area (Å²) < 4.78 is 22.4. The van der Waals surface area contributed by atoms with E-state index in [1.54, 1.807) is 4.89 Å². The van der Waals surface area contributed by atoms with Gasteiger partial charge in [-0.2, -0.15) is 5.10 Å². The molecule has 0 radical (unpaired) electrons. The number of aromatic nitrogens is 2. The number of rotatable bonds is 5. The zero-order chi connectivity index (χ0) is 10.6. The normalized spacial score (nSPS) is 11.4. The number of aromatic amines is 1. The average molecular weight is 220 g/mol. The van der Waals surface area contributed by atoms with E-state index >= 15 is 0 Å². The van der Waals surface area contributed by atoms with Gasteiger partial charge in [0.1, 0.15) is 6.61 Å². The molecule has 0 aliphatic carbocycles. The Labute approximate surface area is 79.4 Å². The van der Waals surface area contributed by atoms with Gasteiger partial charge in [0.2, 0.25) is 5.91 Å². The second-order valence-electron chi connectivity index (χ2n) is 2.26. The van der Waals surface area contributed by atoms with Gasteiger partial charge in [0.05, 0.1) is 6.20 Å². The van der Waals surface area contributed by atoms with Gasteiger partial charge in [0.25, 0.3) is 10.0 Å². The van der Waals surface area contributed by atoms with E-state index in [4.69, 9.17) is 5.73 Å². The molecule has 0 bridgehead atoms. The number of amides is 1. The number of primary amides is 1. The molecule has 0 fully saturated rings. The van der Waals surface area contributed by atoms with Gasteiger partial charge >= 0.3 is 0 Å². The molecule has 0 spiro atoms. The molecule has 1 heterocycles. The third-order valence-electron chi connectivity index (χ3n) is 1.15. The molecular formula is C5H8N4O4S. The van der Waals surface area contributed by atoms with E-state index in [1.165, 1.54) is 12.3 Å². The first kappa shape index (κ1) is 10.6. The summed E-state index contributed by atoms with van der Waals surface area (Å²) in [7, 11) is -3.81. The number of carbonyl (C=O) groups is 1. The summed E-state index contributed by atoms with van der Waals surface area (Å²) in [5, 5.41) is 5.49. The molecule has 14 heavy (non-hydrogen) atoms. The molecule has 0 unspecified atom stereocenters. The molecule has 9 heteroatoms. The minimum absolute atomic E-state index is 0.165. The van der Waals surface area contributed by atoms with Crippen LogP contribution < -0.4 is 10.6 Å². The molecule has 0 atom stereocenters. The van der Waals surface area contributed by atoms with E-state index in [0.29, 0.717) is 0 Å². The lowest BCUT2D eigenvalue weighted by Crippen LogP contribution is -2.29. The molecule has 0 aliphatic rings. The highest BCUT2D eigenvalue weighted by molar-refractivity contribution is 7.89. The van der Waals surface area contributed by atoms with Crippen LogP contribution in [-0.2, 0) is 19.7 Å². The van der Waals surface area contributed by atoms with Crippen molar-refractivity contribution in [3.63, 3.8) is 0 Å².